The van der Waals surface area contributed by atoms with Crippen molar-refractivity contribution in [2.75, 3.05) is 13.2 Å². The van der Waals surface area contributed by atoms with E-state index in [4.69, 9.17) is 9.84 Å². The summed E-state index contributed by atoms with van der Waals surface area (Å²) < 4.78 is 5.53. The van der Waals surface area contributed by atoms with Gasteiger partial charge in [-0.2, -0.15) is 0 Å². The van der Waals surface area contributed by atoms with E-state index in [0.717, 1.165) is 22.3 Å². The van der Waals surface area contributed by atoms with Crippen LogP contribution in [0.4, 0.5) is 4.79 Å². The molecule has 2 aromatic carbocycles. The lowest BCUT2D eigenvalue weighted by atomic mass is 9.98. The summed E-state index contributed by atoms with van der Waals surface area (Å²) in [5, 5.41) is 14.5. The number of carboxylic acid groups (broad SMARTS) is 1. The molecule has 0 bridgehead atoms. The van der Waals surface area contributed by atoms with E-state index in [2.05, 4.69) is 39.9 Å². The van der Waals surface area contributed by atoms with Crippen LogP contribution in [0.5, 0.6) is 0 Å². The predicted molar refractivity (Wildman–Crippen MR) is 130 cm³/mol. The van der Waals surface area contributed by atoms with E-state index in [9.17, 15) is 14.4 Å². The molecule has 1 aromatic heterocycles. The highest BCUT2D eigenvalue weighted by atomic mass is 16.5. The first-order chi connectivity index (χ1) is 17.0. The van der Waals surface area contributed by atoms with Gasteiger partial charge >= 0.3 is 12.1 Å². The maximum absolute atomic E-state index is 12.6. The molecular weight excluding hydrogens is 446 g/mol. The topological polar surface area (TPSA) is 118 Å². The minimum absolute atomic E-state index is 0.0347. The van der Waals surface area contributed by atoms with Crippen molar-refractivity contribution >= 4 is 18.0 Å². The lowest BCUT2D eigenvalue weighted by Crippen LogP contribution is -2.39. The number of carboxylic acids is 1. The average Bonchev–Trinajstić information content (AvgIpc) is 3.20. The predicted octanol–water partition coefficient (Wildman–Crippen LogP) is 3.96. The second-order valence-corrected chi connectivity index (χ2v) is 8.37. The number of hydrogen-bond acceptors (Lipinski definition) is 5. The summed E-state index contributed by atoms with van der Waals surface area (Å²) in [6, 6.07) is 19.0. The van der Waals surface area contributed by atoms with Crippen LogP contribution in [0.3, 0.4) is 0 Å². The maximum Gasteiger partial charge on any atom is 0.407 e. The Hall–Kier alpha value is -4.20. The zero-order valence-corrected chi connectivity index (χ0v) is 19.4. The first kappa shape index (κ1) is 23.9. The maximum atomic E-state index is 12.6. The number of fused-ring (bicyclic) bond motifs is 3. The summed E-state index contributed by atoms with van der Waals surface area (Å²) in [7, 11) is 0. The van der Waals surface area contributed by atoms with Gasteiger partial charge in [0.1, 0.15) is 6.61 Å². The largest absolute Gasteiger partial charge is 0.478 e. The molecule has 0 fully saturated rings. The smallest absolute Gasteiger partial charge is 0.407 e. The molecule has 3 aromatic rings. The number of aromatic nitrogens is 1. The highest BCUT2D eigenvalue weighted by Crippen LogP contribution is 2.44. The SMILES string of the molecule is CCC(CNC(=O)OCC1c2ccccc2-c2ccccc21)C(=O)NCc1cc(C(=O)O)ccn1. The van der Waals surface area contributed by atoms with Gasteiger partial charge in [-0.3, -0.25) is 9.78 Å². The van der Waals surface area contributed by atoms with Crippen molar-refractivity contribution in [1.82, 2.24) is 15.6 Å². The van der Waals surface area contributed by atoms with Gasteiger partial charge in [0.2, 0.25) is 5.91 Å². The van der Waals surface area contributed by atoms with Gasteiger partial charge in [-0.1, -0.05) is 55.5 Å². The van der Waals surface area contributed by atoms with Crippen molar-refractivity contribution in [3.05, 3.63) is 89.2 Å². The van der Waals surface area contributed by atoms with E-state index in [1.807, 2.05) is 31.2 Å². The zero-order valence-electron chi connectivity index (χ0n) is 19.4. The molecule has 0 saturated heterocycles. The third-order valence-electron chi connectivity index (χ3n) is 6.21. The fourth-order valence-corrected chi connectivity index (χ4v) is 4.31. The van der Waals surface area contributed by atoms with Crippen LogP contribution in [0.15, 0.2) is 66.9 Å². The van der Waals surface area contributed by atoms with E-state index in [-0.39, 0.29) is 37.1 Å². The van der Waals surface area contributed by atoms with Crippen LogP contribution < -0.4 is 10.6 Å². The van der Waals surface area contributed by atoms with Crippen molar-refractivity contribution in [1.29, 1.82) is 0 Å². The summed E-state index contributed by atoms with van der Waals surface area (Å²) in [5.74, 6) is -1.81. The van der Waals surface area contributed by atoms with Crippen LogP contribution in [-0.4, -0.2) is 41.2 Å². The summed E-state index contributed by atoms with van der Waals surface area (Å²) in [5.41, 5.74) is 5.12. The second-order valence-electron chi connectivity index (χ2n) is 8.37. The zero-order chi connectivity index (χ0) is 24.8. The molecule has 1 heterocycles. The molecule has 0 aliphatic heterocycles. The number of carbonyl (C=O) groups excluding carboxylic acids is 2. The third kappa shape index (κ3) is 5.48. The molecule has 1 atom stereocenters. The van der Waals surface area contributed by atoms with Crippen molar-refractivity contribution in [3.8, 4) is 11.1 Å². The summed E-state index contributed by atoms with van der Waals surface area (Å²) in [4.78, 5) is 40.2. The number of hydrogen-bond donors (Lipinski definition) is 3. The van der Waals surface area contributed by atoms with Crippen molar-refractivity contribution in [2.45, 2.75) is 25.8 Å². The number of nitrogens with one attached hydrogen (secondary N) is 2. The third-order valence-corrected chi connectivity index (χ3v) is 6.21. The highest BCUT2D eigenvalue weighted by molar-refractivity contribution is 5.87. The summed E-state index contributed by atoms with van der Waals surface area (Å²) in [6.07, 6.45) is 1.33. The monoisotopic (exact) mass is 473 g/mol. The van der Waals surface area contributed by atoms with Crippen molar-refractivity contribution in [3.63, 3.8) is 0 Å². The van der Waals surface area contributed by atoms with Crippen LogP contribution in [-0.2, 0) is 16.1 Å². The number of aromatic carboxylic acids is 1. The molecule has 1 unspecified atom stereocenters. The fourth-order valence-electron chi connectivity index (χ4n) is 4.31. The van der Waals surface area contributed by atoms with Gasteiger partial charge in [0, 0.05) is 18.7 Å². The van der Waals surface area contributed by atoms with Gasteiger partial charge in [-0.15, -0.1) is 0 Å². The number of ether oxygens (including phenoxy) is 1. The Labute approximate surface area is 203 Å². The Balaban J connectivity index is 1.28. The number of rotatable bonds is 9. The summed E-state index contributed by atoms with van der Waals surface area (Å²) >= 11 is 0. The molecule has 35 heavy (non-hydrogen) atoms. The fraction of sp³-hybridized carbons (Fsp3) is 0.259. The molecule has 180 valence electrons. The number of pyridine rings is 1. The van der Waals surface area contributed by atoms with Gasteiger partial charge < -0.3 is 20.5 Å². The van der Waals surface area contributed by atoms with E-state index < -0.39 is 18.0 Å². The molecule has 1 aliphatic carbocycles. The van der Waals surface area contributed by atoms with E-state index in [0.29, 0.717) is 12.1 Å². The van der Waals surface area contributed by atoms with Crippen LogP contribution in [0.1, 0.15) is 46.4 Å². The van der Waals surface area contributed by atoms with Gasteiger partial charge in [0.05, 0.1) is 23.7 Å². The molecular formula is C27H27N3O5. The first-order valence-corrected chi connectivity index (χ1v) is 11.5. The molecule has 0 spiro atoms. The molecule has 4 rings (SSSR count). The quantitative estimate of drug-likeness (QED) is 0.433. The molecule has 1 aliphatic rings. The number of alkyl carbamates (subject to hydrolysis) is 1. The van der Waals surface area contributed by atoms with Crippen molar-refractivity contribution in [2.24, 2.45) is 5.92 Å². The minimum atomic E-state index is -1.06. The van der Waals surface area contributed by atoms with E-state index >= 15 is 0 Å². The van der Waals surface area contributed by atoms with Crippen LogP contribution in [0.2, 0.25) is 0 Å². The number of nitrogens with zero attached hydrogens (tertiary/aromatic N) is 1. The van der Waals surface area contributed by atoms with Gasteiger partial charge in [0.25, 0.3) is 0 Å². The molecule has 0 saturated carbocycles. The Morgan fingerprint density at radius 3 is 2.29 bits per heavy atom. The normalized spacial score (nSPS) is 12.8. The van der Waals surface area contributed by atoms with Gasteiger partial charge in [-0.05, 0) is 40.8 Å². The number of benzene rings is 2. The Morgan fingerprint density at radius 2 is 1.66 bits per heavy atom. The minimum Gasteiger partial charge on any atom is -0.478 e. The lowest BCUT2D eigenvalue weighted by molar-refractivity contribution is -0.125. The number of amides is 2. The number of carbonyl (C=O) groups is 3. The Kier molecular flexibility index (Phi) is 7.40. The van der Waals surface area contributed by atoms with Crippen molar-refractivity contribution < 1.29 is 24.2 Å². The Bertz CT molecular complexity index is 1200. The van der Waals surface area contributed by atoms with Gasteiger partial charge in [0.15, 0.2) is 0 Å². The van der Waals surface area contributed by atoms with Crippen LogP contribution >= 0.6 is 0 Å². The molecule has 3 N–H and O–H groups in total. The molecule has 2 amide bonds. The van der Waals surface area contributed by atoms with Gasteiger partial charge in [-0.25, -0.2) is 9.59 Å². The Morgan fingerprint density at radius 1 is 1.00 bits per heavy atom. The standard InChI is InChI=1S/C27H27N3O5/c1-2-17(25(31)29-15-19-13-18(26(32)33)11-12-28-19)14-30-27(34)35-16-24-22-9-5-3-7-20(22)21-8-4-6-10-23(21)24/h3-13,17,24H,2,14-16H2,1H3,(H,29,31)(H,30,34)(H,32,33). The van der Waals surface area contributed by atoms with E-state index in [1.165, 1.54) is 18.3 Å². The van der Waals surface area contributed by atoms with Crippen LogP contribution in [0.25, 0.3) is 11.1 Å². The molecule has 8 nitrogen and oxygen atoms in total. The average molecular weight is 474 g/mol. The molecule has 8 heteroatoms. The highest BCUT2D eigenvalue weighted by Gasteiger charge is 2.29. The van der Waals surface area contributed by atoms with E-state index in [1.54, 1.807) is 0 Å². The lowest BCUT2D eigenvalue weighted by Gasteiger charge is -2.17. The van der Waals surface area contributed by atoms with Crippen LogP contribution in [0, 0.1) is 5.92 Å². The second kappa shape index (κ2) is 10.8. The summed E-state index contributed by atoms with van der Waals surface area (Å²) in [6.45, 7) is 2.28. The first-order valence-electron chi connectivity index (χ1n) is 11.5. The molecule has 0 radical (unpaired) electrons.